The lowest BCUT2D eigenvalue weighted by Crippen LogP contribution is -2.31. The van der Waals surface area contributed by atoms with E-state index in [9.17, 15) is 13.2 Å². The van der Waals surface area contributed by atoms with Gasteiger partial charge in [0.05, 0.1) is 11.7 Å². The Morgan fingerprint density at radius 3 is 2.47 bits per heavy atom. The summed E-state index contributed by atoms with van der Waals surface area (Å²) in [5.74, 6) is -0.668. The molecule has 3 rings (SSSR count). The third kappa shape index (κ3) is 7.51. The first-order valence-electron chi connectivity index (χ1n) is 10.5. The number of anilines is 1. The van der Waals surface area contributed by atoms with Gasteiger partial charge >= 0.3 is 5.97 Å². The number of benzene rings is 1. The predicted octanol–water partition coefficient (Wildman–Crippen LogP) is 3.95. The summed E-state index contributed by atoms with van der Waals surface area (Å²) in [6.07, 6.45) is 3.16. The van der Waals surface area contributed by atoms with Crippen LogP contribution in [0.1, 0.15) is 43.6 Å². The quantitative estimate of drug-likeness (QED) is 0.403. The van der Waals surface area contributed by atoms with Gasteiger partial charge in [0, 0.05) is 12.4 Å². The molecule has 1 atom stereocenters. The van der Waals surface area contributed by atoms with E-state index in [1.165, 1.54) is 18.5 Å². The average molecular weight is 505 g/mol. The van der Waals surface area contributed by atoms with Crippen molar-refractivity contribution in [2.75, 3.05) is 11.9 Å². The standard InChI is InChI=1S/C24H28N4O4S.ClH/c1-24(2,3)18-8-4-7-17(13-18)14-21(28-33(31,32)19-9-6-12-25-15-19)20-10-5-11-22(27-20)26-16-23(29)30;/h4-13,15,21,28H,14,16H2,1-3H3,(H,26,27)(H,29,30);1H. The summed E-state index contributed by atoms with van der Waals surface area (Å²) < 4.78 is 28.9. The van der Waals surface area contributed by atoms with Gasteiger partial charge in [0.15, 0.2) is 0 Å². The van der Waals surface area contributed by atoms with Crippen LogP contribution >= 0.6 is 12.4 Å². The van der Waals surface area contributed by atoms with Gasteiger partial charge < -0.3 is 10.4 Å². The lowest BCUT2D eigenvalue weighted by Gasteiger charge is -2.22. The Hall–Kier alpha value is -3.01. The van der Waals surface area contributed by atoms with Crippen molar-refractivity contribution in [3.05, 3.63) is 83.8 Å². The fraction of sp³-hybridized carbons (Fsp3) is 0.292. The molecular formula is C24H29ClN4O4S. The maximum atomic E-state index is 13.1. The van der Waals surface area contributed by atoms with Crippen LogP contribution in [0.15, 0.2) is 71.9 Å². The Morgan fingerprint density at radius 2 is 1.82 bits per heavy atom. The van der Waals surface area contributed by atoms with Gasteiger partial charge in [-0.15, -0.1) is 12.4 Å². The van der Waals surface area contributed by atoms with Crippen molar-refractivity contribution >= 4 is 34.2 Å². The Bertz CT molecular complexity index is 1210. The van der Waals surface area contributed by atoms with Crippen molar-refractivity contribution in [2.24, 2.45) is 0 Å². The zero-order valence-electron chi connectivity index (χ0n) is 19.2. The molecule has 0 amide bonds. The number of hydrogen-bond donors (Lipinski definition) is 3. The molecule has 0 saturated carbocycles. The van der Waals surface area contributed by atoms with Crippen LogP contribution in [0, 0.1) is 0 Å². The summed E-state index contributed by atoms with van der Waals surface area (Å²) >= 11 is 0. The minimum absolute atomic E-state index is 0. The second kappa shape index (κ2) is 11.4. The maximum absolute atomic E-state index is 13.1. The Labute approximate surface area is 206 Å². The van der Waals surface area contributed by atoms with Crippen LogP contribution in [-0.4, -0.2) is 36.0 Å². The zero-order chi connectivity index (χ0) is 24.1. The van der Waals surface area contributed by atoms with Crippen molar-refractivity contribution in [1.82, 2.24) is 14.7 Å². The first-order valence-corrected chi connectivity index (χ1v) is 12.0. The Kier molecular flexibility index (Phi) is 9.14. The van der Waals surface area contributed by atoms with Gasteiger partial charge in [-0.25, -0.2) is 18.1 Å². The molecule has 0 bridgehead atoms. The average Bonchev–Trinajstić information content (AvgIpc) is 2.77. The van der Waals surface area contributed by atoms with Crippen LogP contribution in [0.3, 0.4) is 0 Å². The number of carbonyl (C=O) groups is 1. The Morgan fingerprint density at radius 1 is 1.09 bits per heavy atom. The van der Waals surface area contributed by atoms with E-state index in [4.69, 9.17) is 5.11 Å². The second-order valence-electron chi connectivity index (χ2n) is 8.71. The smallest absolute Gasteiger partial charge is 0.322 e. The predicted molar refractivity (Wildman–Crippen MR) is 134 cm³/mol. The molecule has 3 N–H and O–H groups in total. The molecule has 1 aromatic carbocycles. The minimum Gasteiger partial charge on any atom is -0.480 e. The zero-order valence-corrected chi connectivity index (χ0v) is 20.9. The van der Waals surface area contributed by atoms with E-state index in [1.807, 2.05) is 18.2 Å². The fourth-order valence-electron chi connectivity index (χ4n) is 3.28. The molecule has 0 radical (unpaired) electrons. The monoisotopic (exact) mass is 504 g/mol. The van der Waals surface area contributed by atoms with Gasteiger partial charge in [-0.2, -0.15) is 0 Å². The number of aliphatic carboxylic acids is 1. The molecule has 34 heavy (non-hydrogen) atoms. The molecule has 1 unspecified atom stereocenters. The van der Waals surface area contributed by atoms with Gasteiger partial charge in [0.25, 0.3) is 0 Å². The van der Waals surface area contributed by atoms with Gasteiger partial charge in [0.2, 0.25) is 10.0 Å². The number of nitrogens with one attached hydrogen (secondary N) is 2. The normalized spacial score (nSPS) is 12.4. The van der Waals surface area contributed by atoms with Crippen LogP contribution in [0.4, 0.5) is 5.82 Å². The molecule has 2 aromatic heterocycles. The van der Waals surface area contributed by atoms with Gasteiger partial charge in [-0.05, 0) is 47.2 Å². The van der Waals surface area contributed by atoms with Crippen molar-refractivity contribution < 1.29 is 18.3 Å². The molecule has 0 saturated heterocycles. The number of halogens is 1. The highest BCUT2D eigenvalue weighted by Gasteiger charge is 2.24. The summed E-state index contributed by atoms with van der Waals surface area (Å²) in [5.41, 5.74) is 2.50. The lowest BCUT2D eigenvalue weighted by atomic mass is 9.85. The number of rotatable bonds is 9. The molecular weight excluding hydrogens is 476 g/mol. The van der Waals surface area contributed by atoms with Crippen LogP contribution < -0.4 is 10.0 Å². The first-order chi connectivity index (χ1) is 15.5. The van der Waals surface area contributed by atoms with Crippen LogP contribution in [0.5, 0.6) is 0 Å². The molecule has 8 nitrogen and oxygen atoms in total. The third-order valence-corrected chi connectivity index (χ3v) is 6.48. The van der Waals surface area contributed by atoms with E-state index in [-0.39, 0.29) is 29.3 Å². The molecule has 0 spiro atoms. The molecule has 10 heteroatoms. The topological polar surface area (TPSA) is 121 Å². The maximum Gasteiger partial charge on any atom is 0.322 e. The van der Waals surface area contributed by atoms with Crippen LogP contribution in [0.25, 0.3) is 0 Å². The number of carboxylic acids is 1. The summed E-state index contributed by atoms with van der Waals surface area (Å²) in [4.78, 5) is 19.3. The SMILES string of the molecule is CC(C)(C)c1cccc(CC(NS(=O)(=O)c2cccnc2)c2cccc(NCC(=O)O)n2)c1.Cl. The van der Waals surface area contributed by atoms with Crippen molar-refractivity contribution in [3.63, 3.8) is 0 Å². The highest BCUT2D eigenvalue weighted by molar-refractivity contribution is 7.89. The Balaban J connectivity index is 0.00000408. The molecule has 182 valence electrons. The van der Waals surface area contributed by atoms with Crippen molar-refractivity contribution in [2.45, 2.75) is 43.5 Å². The molecule has 2 heterocycles. The van der Waals surface area contributed by atoms with E-state index < -0.39 is 22.0 Å². The molecule has 0 aliphatic rings. The van der Waals surface area contributed by atoms with Crippen LogP contribution in [-0.2, 0) is 26.7 Å². The van der Waals surface area contributed by atoms with Gasteiger partial charge in [-0.3, -0.25) is 9.78 Å². The molecule has 3 aromatic rings. The van der Waals surface area contributed by atoms with Gasteiger partial charge in [-0.1, -0.05) is 51.1 Å². The summed E-state index contributed by atoms with van der Waals surface area (Å²) in [5, 5.41) is 11.7. The van der Waals surface area contributed by atoms with E-state index in [2.05, 4.69) is 46.8 Å². The number of nitrogens with zero attached hydrogens (tertiary/aromatic N) is 2. The second-order valence-corrected chi connectivity index (χ2v) is 10.4. The van der Waals surface area contributed by atoms with Crippen molar-refractivity contribution in [1.29, 1.82) is 0 Å². The van der Waals surface area contributed by atoms with Crippen LogP contribution in [0.2, 0.25) is 0 Å². The first kappa shape index (κ1) is 27.2. The molecule has 0 aliphatic heterocycles. The van der Waals surface area contributed by atoms with E-state index in [0.717, 1.165) is 11.1 Å². The lowest BCUT2D eigenvalue weighted by molar-refractivity contribution is -0.134. The largest absolute Gasteiger partial charge is 0.480 e. The van der Waals surface area contributed by atoms with Gasteiger partial charge in [0.1, 0.15) is 17.3 Å². The summed E-state index contributed by atoms with van der Waals surface area (Å²) in [6.45, 7) is 6.06. The molecule has 0 fully saturated rings. The number of carboxylic acid groups (broad SMARTS) is 1. The summed E-state index contributed by atoms with van der Waals surface area (Å²) in [6, 6.07) is 15.4. The summed E-state index contributed by atoms with van der Waals surface area (Å²) in [7, 11) is -3.87. The van der Waals surface area contributed by atoms with E-state index >= 15 is 0 Å². The highest BCUT2D eigenvalue weighted by Crippen LogP contribution is 2.26. The number of sulfonamides is 1. The number of hydrogen-bond acceptors (Lipinski definition) is 6. The number of pyridine rings is 2. The number of aromatic nitrogens is 2. The molecule has 0 aliphatic carbocycles. The van der Waals surface area contributed by atoms with E-state index in [0.29, 0.717) is 17.9 Å². The minimum atomic E-state index is -3.87. The van der Waals surface area contributed by atoms with E-state index in [1.54, 1.807) is 24.3 Å². The van der Waals surface area contributed by atoms with Crippen molar-refractivity contribution in [3.8, 4) is 0 Å². The fourth-order valence-corrected chi connectivity index (χ4v) is 4.45. The third-order valence-electron chi connectivity index (χ3n) is 5.02. The highest BCUT2D eigenvalue weighted by atomic mass is 35.5.